The van der Waals surface area contributed by atoms with E-state index in [4.69, 9.17) is 29.8 Å². The molecule has 4 N–H and O–H groups in total. The highest BCUT2D eigenvalue weighted by Gasteiger charge is 2.12. The maximum Gasteiger partial charge on any atom is 0.240 e. The van der Waals surface area contributed by atoms with E-state index < -0.39 is 10.0 Å². The minimum Gasteiger partial charge on any atom is -0.399 e. The summed E-state index contributed by atoms with van der Waals surface area (Å²) < 4.78 is 47.3. The molecule has 0 saturated carbocycles. The number of nitrogens with two attached hydrogens (primary N) is 1. The van der Waals surface area contributed by atoms with Crippen LogP contribution in [-0.4, -0.2) is 79.5 Å². The van der Waals surface area contributed by atoms with E-state index in [0.29, 0.717) is 51.9 Å². The van der Waals surface area contributed by atoms with Crippen LogP contribution in [0.15, 0.2) is 29.2 Å². The average Bonchev–Trinajstić information content (AvgIpc) is 2.62. The highest BCUT2D eigenvalue weighted by molar-refractivity contribution is 7.89. The molecule has 26 heavy (non-hydrogen) atoms. The largest absolute Gasteiger partial charge is 0.399 e. The Hall–Kier alpha value is -1.27. The summed E-state index contributed by atoms with van der Waals surface area (Å²) in [4.78, 5) is 0.164. The average molecular weight is 392 g/mol. The summed E-state index contributed by atoms with van der Waals surface area (Å²) in [6.07, 6.45) is 0. The van der Waals surface area contributed by atoms with E-state index in [-0.39, 0.29) is 24.7 Å². The number of aliphatic hydroxyl groups is 1. The Kier molecular flexibility index (Phi) is 12.1. The van der Waals surface area contributed by atoms with Crippen molar-refractivity contribution < 1.29 is 32.5 Å². The zero-order chi connectivity index (χ0) is 19.1. The Balaban J connectivity index is 1.94. The molecule has 10 heteroatoms. The molecule has 1 rings (SSSR count). The van der Waals surface area contributed by atoms with E-state index in [0.717, 1.165) is 0 Å². The van der Waals surface area contributed by atoms with Crippen LogP contribution in [0.3, 0.4) is 0 Å². The number of nitrogens with one attached hydrogen (secondary N) is 1. The monoisotopic (exact) mass is 392 g/mol. The lowest BCUT2D eigenvalue weighted by Gasteiger charge is -2.08. The van der Waals surface area contributed by atoms with Gasteiger partial charge in [0, 0.05) is 12.2 Å². The normalized spacial score (nSPS) is 11.7. The van der Waals surface area contributed by atoms with Crippen molar-refractivity contribution in [2.24, 2.45) is 0 Å². The molecular formula is C16H28N2O7S. The number of hydrogen-bond acceptors (Lipinski definition) is 8. The van der Waals surface area contributed by atoms with Crippen molar-refractivity contribution in [1.29, 1.82) is 0 Å². The third kappa shape index (κ3) is 10.7. The SMILES string of the molecule is Nc1ccc(S(=O)(=O)NCCOCCOCCOCCOCCO)cc1. The lowest BCUT2D eigenvalue weighted by molar-refractivity contribution is -0.00496. The van der Waals surface area contributed by atoms with Crippen molar-refractivity contribution >= 4 is 15.7 Å². The molecule has 9 nitrogen and oxygen atoms in total. The van der Waals surface area contributed by atoms with Gasteiger partial charge in [-0.05, 0) is 24.3 Å². The molecule has 1 aromatic rings. The molecule has 0 heterocycles. The van der Waals surface area contributed by atoms with Gasteiger partial charge in [0.1, 0.15) is 0 Å². The number of aliphatic hydroxyl groups excluding tert-OH is 1. The van der Waals surface area contributed by atoms with E-state index >= 15 is 0 Å². The molecule has 0 aliphatic rings. The first-order valence-corrected chi connectivity index (χ1v) is 9.81. The third-order valence-corrected chi connectivity index (χ3v) is 4.56. The summed E-state index contributed by atoms with van der Waals surface area (Å²) in [5, 5.41) is 8.51. The van der Waals surface area contributed by atoms with Crippen molar-refractivity contribution in [3.63, 3.8) is 0 Å². The van der Waals surface area contributed by atoms with Gasteiger partial charge in [-0.3, -0.25) is 0 Å². The van der Waals surface area contributed by atoms with Crippen LogP contribution in [0.2, 0.25) is 0 Å². The standard InChI is InChI=1S/C16H28N2O7S/c17-15-1-3-16(4-2-15)26(20,21)18-5-7-22-9-11-24-13-14-25-12-10-23-8-6-19/h1-4,18-19H,5-14,17H2. The molecule has 0 aliphatic carbocycles. The Labute approximate surface area is 154 Å². The van der Waals surface area contributed by atoms with Crippen LogP contribution in [0.5, 0.6) is 0 Å². The molecule has 0 saturated heterocycles. The van der Waals surface area contributed by atoms with E-state index in [9.17, 15) is 8.42 Å². The van der Waals surface area contributed by atoms with E-state index in [2.05, 4.69) is 4.72 Å². The minimum atomic E-state index is -3.55. The molecule has 0 fully saturated rings. The van der Waals surface area contributed by atoms with Crippen molar-refractivity contribution in [2.75, 3.05) is 71.7 Å². The maximum atomic E-state index is 12.0. The lowest BCUT2D eigenvalue weighted by atomic mass is 10.3. The van der Waals surface area contributed by atoms with Crippen LogP contribution in [-0.2, 0) is 29.0 Å². The first-order chi connectivity index (χ1) is 12.6. The van der Waals surface area contributed by atoms with Crippen molar-refractivity contribution in [2.45, 2.75) is 4.90 Å². The van der Waals surface area contributed by atoms with Crippen molar-refractivity contribution in [3.8, 4) is 0 Å². The molecule has 0 spiro atoms. The zero-order valence-electron chi connectivity index (χ0n) is 14.8. The van der Waals surface area contributed by atoms with Gasteiger partial charge >= 0.3 is 0 Å². The Morgan fingerprint density at radius 3 is 1.77 bits per heavy atom. The molecule has 150 valence electrons. The second-order valence-electron chi connectivity index (χ2n) is 5.14. The predicted octanol–water partition coefficient (Wildman–Crippen LogP) is -0.394. The van der Waals surface area contributed by atoms with Crippen LogP contribution in [0.4, 0.5) is 5.69 Å². The van der Waals surface area contributed by atoms with Crippen molar-refractivity contribution in [3.05, 3.63) is 24.3 Å². The van der Waals surface area contributed by atoms with Crippen molar-refractivity contribution in [1.82, 2.24) is 4.72 Å². The van der Waals surface area contributed by atoms with Gasteiger partial charge < -0.3 is 29.8 Å². The first-order valence-electron chi connectivity index (χ1n) is 8.33. The predicted molar refractivity (Wildman–Crippen MR) is 96.4 cm³/mol. The summed E-state index contributed by atoms with van der Waals surface area (Å²) in [5.41, 5.74) is 6.04. The second kappa shape index (κ2) is 13.9. The summed E-state index contributed by atoms with van der Waals surface area (Å²) in [6.45, 7) is 3.28. The van der Waals surface area contributed by atoms with Gasteiger partial charge in [-0.25, -0.2) is 13.1 Å². The van der Waals surface area contributed by atoms with Gasteiger partial charge in [0.2, 0.25) is 10.0 Å². The highest BCUT2D eigenvalue weighted by Crippen LogP contribution is 2.10. The fourth-order valence-corrected chi connectivity index (χ4v) is 2.82. The van der Waals surface area contributed by atoms with Gasteiger partial charge in [0.25, 0.3) is 0 Å². The van der Waals surface area contributed by atoms with Crippen LogP contribution in [0.1, 0.15) is 0 Å². The fourth-order valence-electron chi connectivity index (χ4n) is 1.80. The molecule has 0 radical (unpaired) electrons. The Morgan fingerprint density at radius 2 is 1.27 bits per heavy atom. The number of anilines is 1. The second-order valence-corrected chi connectivity index (χ2v) is 6.91. The number of ether oxygens (including phenoxy) is 4. The fraction of sp³-hybridized carbons (Fsp3) is 0.625. The van der Waals surface area contributed by atoms with Gasteiger partial charge in [-0.1, -0.05) is 0 Å². The molecule has 0 amide bonds. The first kappa shape index (κ1) is 22.8. The smallest absolute Gasteiger partial charge is 0.240 e. The van der Waals surface area contributed by atoms with Crippen LogP contribution in [0, 0.1) is 0 Å². The summed E-state index contributed by atoms with van der Waals surface area (Å²) >= 11 is 0. The summed E-state index contributed by atoms with van der Waals surface area (Å²) in [7, 11) is -3.55. The zero-order valence-corrected chi connectivity index (χ0v) is 15.6. The minimum absolute atomic E-state index is 0.00590. The summed E-state index contributed by atoms with van der Waals surface area (Å²) in [6, 6.07) is 5.98. The van der Waals surface area contributed by atoms with Crippen LogP contribution in [0.25, 0.3) is 0 Å². The molecule has 0 unspecified atom stereocenters. The summed E-state index contributed by atoms with van der Waals surface area (Å²) in [5.74, 6) is 0. The third-order valence-electron chi connectivity index (χ3n) is 3.08. The topological polar surface area (TPSA) is 129 Å². The number of rotatable bonds is 16. The van der Waals surface area contributed by atoms with E-state index in [1.807, 2.05) is 0 Å². The van der Waals surface area contributed by atoms with Gasteiger partial charge in [-0.2, -0.15) is 0 Å². The van der Waals surface area contributed by atoms with Gasteiger partial charge in [-0.15, -0.1) is 0 Å². The molecule has 1 aromatic carbocycles. The Bertz CT molecular complexity index is 566. The van der Waals surface area contributed by atoms with Gasteiger partial charge in [0.05, 0.1) is 64.4 Å². The molecule has 0 atom stereocenters. The molecule has 0 aliphatic heterocycles. The number of hydrogen-bond donors (Lipinski definition) is 3. The lowest BCUT2D eigenvalue weighted by Crippen LogP contribution is -2.27. The van der Waals surface area contributed by atoms with Crippen LogP contribution < -0.4 is 10.5 Å². The Morgan fingerprint density at radius 1 is 0.808 bits per heavy atom. The van der Waals surface area contributed by atoms with Gasteiger partial charge in [0.15, 0.2) is 0 Å². The number of sulfonamides is 1. The highest BCUT2D eigenvalue weighted by atomic mass is 32.2. The quantitative estimate of drug-likeness (QED) is 0.256. The van der Waals surface area contributed by atoms with E-state index in [1.54, 1.807) is 0 Å². The number of benzene rings is 1. The van der Waals surface area contributed by atoms with E-state index in [1.165, 1.54) is 24.3 Å². The maximum absolute atomic E-state index is 12.0. The molecule has 0 aromatic heterocycles. The van der Waals surface area contributed by atoms with Crippen LogP contribution >= 0.6 is 0 Å². The molecule has 0 bridgehead atoms. The molecular weight excluding hydrogens is 364 g/mol. The number of nitrogen functional groups attached to an aromatic ring is 1.